The van der Waals surface area contributed by atoms with Crippen molar-refractivity contribution in [1.82, 2.24) is 9.80 Å². The van der Waals surface area contributed by atoms with E-state index >= 15 is 0 Å². The topological polar surface area (TPSA) is 6.48 Å². The predicted octanol–water partition coefficient (Wildman–Crippen LogP) is 1.64. The summed E-state index contributed by atoms with van der Waals surface area (Å²) in [6.07, 6.45) is 2.76. The van der Waals surface area contributed by atoms with Gasteiger partial charge in [0.25, 0.3) is 0 Å². The molecule has 0 aromatic rings. The normalized spacial score (nSPS) is 32.6. The van der Waals surface area contributed by atoms with Gasteiger partial charge in [-0.15, -0.1) is 0 Å². The summed E-state index contributed by atoms with van der Waals surface area (Å²) < 4.78 is 0. The third-order valence-electron chi connectivity index (χ3n) is 3.18. The Balaban J connectivity index is 0.000000531. The van der Waals surface area contributed by atoms with E-state index in [1.54, 1.807) is 6.92 Å². The van der Waals surface area contributed by atoms with Crippen LogP contribution >= 0.6 is 0 Å². The van der Waals surface area contributed by atoms with Crippen molar-refractivity contribution < 1.29 is 21.1 Å². The van der Waals surface area contributed by atoms with E-state index in [9.17, 15) is 0 Å². The summed E-state index contributed by atoms with van der Waals surface area (Å²) in [6, 6.07) is 0.758. The van der Waals surface area contributed by atoms with Crippen LogP contribution in [0.25, 0.3) is 0 Å². The number of piperidine rings is 1. The Morgan fingerprint density at radius 1 is 1.14 bits per heavy atom. The molecular weight excluding hydrogens is 344 g/mol. The van der Waals surface area contributed by atoms with Crippen LogP contribution < -0.4 is 0 Å². The van der Waals surface area contributed by atoms with Gasteiger partial charge in [0.2, 0.25) is 0 Å². The SMILES string of the molecule is [CH2-]C.[CH2-]N1CCC2CCN(C)CC21.[W+2]. The number of hydrogen-bond donors (Lipinski definition) is 0. The van der Waals surface area contributed by atoms with Gasteiger partial charge in [-0.25, -0.2) is 0 Å². The van der Waals surface area contributed by atoms with Crippen molar-refractivity contribution in [1.29, 1.82) is 0 Å². The van der Waals surface area contributed by atoms with Crippen LogP contribution in [0, 0.1) is 19.9 Å². The summed E-state index contributed by atoms with van der Waals surface area (Å²) in [5, 5.41) is 0. The minimum Gasteiger partial charge on any atom is -0.455 e. The third-order valence-corrected chi connectivity index (χ3v) is 3.18. The van der Waals surface area contributed by atoms with Gasteiger partial charge in [0.15, 0.2) is 0 Å². The van der Waals surface area contributed by atoms with Gasteiger partial charge in [0.1, 0.15) is 0 Å². The van der Waals surface area contributed by atoms with E-state index in [1.165, 1.54) is 32.5 Å². The van der Waals surface area contributed by atoms with Crippen LogP contribution in [0.2, 0.25) is 0 Å². The van der Waals surface area contributed by atoms with E-state index in [0.717, 1.165) is 12.0 Å². The van der Waals surface area contributed by atoms with Gasteiger partial charge in [0, 0.05) is 6.54 Å². The maximum Gasteiger partial charge on any atom is 2.00 e. The van der Waals surface area contributed by atoms with Crippen molar-refractivity contribution in [2.75, 3.05) is 26.7 Å². The molecule has 0 aromatic carbocycles. The summed E-state index contributed by atoms with van der Waals surface area (Å²) in [4.78, 5) is 4.70. The second kappa shape index (κ2) is 6.98. The fraction of sp³-hybridized carbons (Fsp3) is 0.818. The first-order valence-corrected chi connectivity index (χ1v) is 5.24. The average Bonchev–Trinajstić information content (AvgIpc) is 2.52. The van der Waals surface area contributed by atoms with Gasteiger partial charge in [0.05, 0.1) is 0 Å². The molecule has 2 aliphatic rings. The second-order valence-corrected chi connectivity index (χ2v) is 3.98. The van der Waals surface area contributed by atoms with Crippen LogP contribution in [0.4, 0.5) is 0 Å². The molecule has 14 heavy (non-hydrogen) atoms. The molecule has 2 rings (SSSR count). The van der Waals surface area contributed by atoms with Gasteiger partial charge in [-0.1, -0.05) is 0 Å². The van der Waals surface area contributed by atoms with Crippen LogP contribution in [-0.2, 0) is 21.1 Å². The maximum atomic E-state index is 4.06. The Kier molecular flexibility index (Phi) is 7.28. The molecule has 0 saturated carbocycles. The molecule has 0 spiro atoms. The quantitative estimate of drug-likeness (QED) is 0.602. The summed E-state index contributed by atoms with van der Waals surface area (Å²) in [6.45, 7) is 8.73. The first kappa shape index (κ1) is 14.6. The summed E-state index contributed by atoms with van der Waals surface area (Å²) in [5.41, 5.74) is 0. The van der Waals surface area contributed by atoms with E-state index in [1.807, 2.05) is 0 Å². The van der Waals surface area contributed by atoms with E-state index in [-0.39, 0.29) is 21.1 Å². The number of fused-ring (bicyclic) bond motifs is 1. The molecule has 2 aliphatic heterocycles. The van der Waals surface area contributed by atoms with Crippen molar-refractivity contribution in [2.45, 2.75) is 25.8 Å². The largest absolute Gasteiger partial charge is 2.00 e. The molecule has 0 aliphatic carbocycles. The minimum absolute atomic E-state index is 0. The summed E-state index contributed by atoms with van der Waals surface area (Å²) in [7, 11) is 6.27. The third kappa shape index (κ3) is 3.32. The summed E-state index contributed by atoms with van der Waals surface area (Å²) >= 11 is 0. The Hall–Kier alpha value is 0.608. The van der Waals surface area contributed by atoms with Crippen molar-refractivity contribution in [3.8, 4) is 0 Å². The molecule has 0 radical (unpaired) electrons. The van der Waals surface area contributed by atoms with Crippen LogP contribution in [0.1, 0.15) is 19.8 Å². The number of nitrogens with zero attached hydrogens (tertiary/aromatic N) is 2. The minimum atomic E-state index is 0. The van der Waals surface area contributed by atoms with Crippen LogP contribution in [-0.4, -0.2) is 42.5 Å². The number of likely N-dealkylation sites (N-methyl/N-ethyl adjacent to an activating group) is 1. The molecule has 0 N–H and O–H groups in total. The zero-order valence-corrected chi connectivity index (χ0v) is 12.3. The van der Waals surface area contributed by atoms with E-state index < -0.39 is 0 Å². The van der Waals surface area contributed by atoms with Crippen molar-refractivity contribution in [3.05, 3.63) is 14.0 Å². The van der Waals surface area contributed by atoms with Crippen LogP contribution in [0.15, 0.2) is 0 Å². The average molecular weight is 366 g/mol. The summed E-state index contributed by atoms with van der Waals surface area (Å²) in [5.74, 6) is 0.948. The molecule has 2 unspecified atom stereocenters. The van der Waals surface area contributed by atoms with Crippen molar-refractivity contribution >= 4 is 0 Å². The predicted molar refractivity (Wildman–Crippen MR) is 57.1 cm³/mol. The Morgan fingerprint density at radius 3 is 2.36 bits per heavy atom. The smallest absolute Gasteiger partial charge is 0.455 e. The number of hydrogen-bond acceptors (Lipinski definition) is 2. The Labute approximate surface area is 103 Å². The molecule has 2 saturated heterocycles. The first-order chi connectivity index (χ1) is 6.27. The monoisotopic (exact) mass is 366 g/mol. The van der Waals surface area contributed by atoms with Gasteiger partial charge in [-0.3, -0.25) is 7.05 Å². The second-order valence-electron chi connectivity index (χ2n) is 3.98. The number of likely N-dealkylation sites (tertiary alicyclic amines) is 2. The molecule has 0 amide bonds. The zero-order valence-electron chi connectivity index (χ0n) is 9.41. The molecule has 82 valence electrons. The molecule has 3 heteroatoms. The first-order valence-electron chi connectivity index (χ1n) is 5.24. The van der Waals surface area contributed by atoms with Gasteiger partial charge in [-0.05, 0) is 44.9 Å². The van der Waals surface area contributed by atoms with Crippen molar-refractivity contribution in [3.63, 3.8) is 0 Å². The zero-order chi connectivity index (χ0) is 9.84. The Morgan fingerprint density at radius 2 is 1.71 bits per heavy atom. The molecule has 0 aromatic heterocycles. The molecule has 0 bridgehead atoms. The van der Waals surface area contributed by atoms with Gasteiger partial charge >= 0.3 is 21.1 Å². The molecule has 2 atom stereocenters. The van der Waals surface area contributed by atoms with Gasteiger partial charge in [-0.2, -0.15) is 6.92 Å². The standard InChI is InChI=1S/C9H17N2.C2H5.W/c1-10-5-3-8-4-6-11(2)9(8)7-10;1-2;/h8-9H,2-7H2,1H3;1H2,2H3;/q2*-1;+2. The molecule has 2 fully saturated rings. The van der Waals surface area contributed by atoms with E-state index in [4.69, 9.17) is 0 Å². The molecule has 2 heterocycles. The van der Waals surface area contributed by atoms with E-state index in [0.29, 0.717) is 0 Å². The van der Waals surface area contributed by atoms with Crippen LogP contribution in [0.5, 0.6) is 0 Å². The van der Waals surface area contributed by atoms with Crippen molar-refractivity contribution in [2.24, 2.45) is 5.92 Å². The number of rotatable bonds is 0. The van der Waals surface area contributed by atoms with E-state index in [2.05, 4.69) is 30.8 Å². The Bertz CT molecular complexity index is 152. The maximum absolute atomic E-state index is 4.06. The molecular formula is C11H22N2W. The fourth-order valence-corrected chi connectivity index (χ4v) is 2.39. The van der Waals surface area contributed by atoms with Crippen LogP contribution in [0.3, 0.4) is 0 Å². The molecule has 2 nitrogen and oxygen atoms in total. The fourth-order valence-electron chi connectivity index (χ4n) is 2.39. The van der Waals surface area contributed by atoms with Gasteiger partial charge < -0.3 is 16.7 Å².